The van der Waals surface area contributed by atoms with Gasteiger partial charge in [-0.05, 0) is 65.2 Å². The van der Waals surface area contributed by atoms with Crippen LogP contribution in [0.15, 0.2) is 40.9 Å². The highest BCUT2D eigenvalue weighted by molar-refractivity contribution is 9.10. The number of carbonyl (C=O) groups is 1. The molecule has 3 aromatic rings. The van der Waals surface area contributed by atoms with Crippen LogP contribution in [0.5, 0.6) is 11.5 Å². The summed E-state index contributed by atoms with van der Waals surface area (Å²) >= 11 is 4.91. The summed E-state index contributed by atoms with van der Waals surface area (Å²) in [6.07, 6.45) is 1.01. The molecule has 2 aromatic carbocycles. The van der Waals surface area contributed by atoms with E-state index in [0.29, 0.717) is 24.6 Å². The van der Waals surface area contributed by atoms with Crippen LogP contribution in [0.4, 0.5) is 5.13 Å². The monoisotopic (exact) mass is 434 g/mol. The molecule has 1 aromatic heterocycles. The minimum atomic E-state index is -0.0670. The van der Waals surface area contributed by atoms with Crippen molar-refractivity contribution in [1.29, 1.82) is 0 Å². The van der Waals surface area contributed by atoms with Crippen molar-refractivity contribution in [3.63, 3.8) is 0 Å². The van der Waals surface area contributed by atoms with E-state index in [-0.39, 0.29) is 5.91 Å². The van der Waals surface area contributed by atoms with E-state index in [2.05, 4.69) is 26.2 Å². The average molecular weight is 435 g/mol. The smallest absolute Gasteiger partial charge is 0.226 e. The van der Waals surface area contributed by atoms with Crippen molar-refractivity contribution in [2.45, 2.75) is 19.8 Å². The van der Waals surface area contributed by atoms with Crippen LogP contribution in [0.3, 0.4) is 0 Å². The van der Waals surface area contributed by atoms with E-state index in [1.54, 1.807) is 7.11 Å². The fourth-order valence-electron chi connectivity index (χ4n) is 2.40. The number of anilines is 1. The molecular formula is C19H19BrN2O3S. The van der Waals surface area contributed by atoms with Crippen LogP contribution in [0.1, 0.15) is 18.4 Å². The Morgan fingerprint density at radius 2 is 2.12 bits per heavy atom. The third kappa shape index (κ3) is 4.74. The molecule has 7 heteroatoms. The van der Waals surface area contributed by atoms with E-state index < -0.39 is 0 Å². The molecule has 0 saturated heterocycles. The number of nitrogens with zero attached hydrogens (tertiary/aromatic N) is 1. The minimum absolute atomic E-state index is 0.0670. The van der Waals surface area contributed by atoms with Gasteiger partial charge in [0.05, 0.1) is 28.4 Å². The van der Waals surface area contributed by atoms with Crippen LogP contribution >= 0.6 is 27.3 Å². The second-order valence-corrected chi connectivity index (χ2v) is 7.67. The number of aryl methyl sites for hydroxylation is 1. The molecule has 136 valence electrons. The second kappa shape index (κ2) is 8.51. The molecule has 0 atom stereocenters. The molecule has 3 rings (SSSR count). The summed E-state index contributed by atoms with van der Waals surface area (Å²) in [7, 11) is 1.63. The summed E-state index contributed by atoms with van der Waals surface area (Å²) in [5, 5.41) is 3.45. The number of fused-ring (bicyclic) bond motifs is 1. The zero-order valence-corrected chi connectivity index (χ0v) is 16.9. The van der Waals surface area contributed by atoms with Gasteiger partial charge in [-0.25, -0.2) is 4.98 Å². The number of aromatic nitrogens is 1. The molecule has 5 nitrogen and oxygen atoms in total. The molecule has 1 heterocycles. The van der Waals surface area contributed by atoms with Gasteiger partial charge < -0.3 is 14.8 Å². The van der Waals surface area contributed by atoms with E-state index in [4.69, 9.17) is 9.47 Å². The maximum absolute atomic E-state index is 12.1. The van der Waals surface area contributed by atoms with Crippen molar-refractivity contribution in [2.75, 3.05) is 19.0 Å². The number of hydrogen-bond acceptors (Lipinski definition) is 5. The SMILES string of the molecule is COc1ccc2nc(NC(=O)CCCOc3ccc(C)cc3Br)sc2c1. The Hall–Kier alpha value is -2.12. The van der Waals surface area contributed by atoms with Crippen LogP contribution in [0, 0.1) is 6.92 Å². The van der Waals surface area contributed by atoms with Crippen LogP contribution in [0.25, 0.3) is 10.2 Å². The number of ether oxygens (including phenoxy) is 2. The molecule has 1 amide bonds. The summed E-state index contributed by atoms with van der Waals surface area (Å²) in [6.45, 7) is 2.50. The molecule has 0 aliphatic rings. The van der Waals surface area contributed by atoms with Gasteiger partial charge in [-0.2, -0.15) is 0 Å². The van der Waals surface area contributed by atoms with Crippen LogP contribution < -0.4 is 14.8 Å². The molecule has 1 N–H and O–H groups in total. The summed E-state index contributed by atoms with van der Waals surface area (Å²) in [5.74, 6) is 1.50. The zero-order chi connectivity index (χ0) is 18.5. The lowest BCUT2D eigenvalue weighted by Crippen LogP contribution is -2.12. The molecule has 0 aliphatic heterocycles. The van der Waals surface area contributed by atoms with Gasteiger partial charge in [0.1, 0.15) is 11.5 Å². The Morgan fingerprint density at radius 1 is 1.27 bits per heavy atom. The van der Waals surface area contributed by atoms with Crippen molar-refractivity contribution < 1.29 is 14.3 Å². The second-order valence-electron chi connectivity index (χ2n) is 5.79. The predicted molar refractivity (Wildman–Crippen MR) is 108 cm³/mol. The van der Waals surface area contributed by atoms with Crippen molar-refractivity contribution in [1.82, 2.24) is 4.98 Å². The highest BCUT2D eigenvalue weighted by atomic mass is 79.9. The normalized spacial score (nSPS) is 10.7. The van der Waals surface area contributed by atoms with E-state index in [1.165, 1.54) is 11.3 Å². The summed E-state index contributed by atoms with van der Waals surface area (Å²) < 4.78 is 12.8. The third-order valence-corrected chi connectivity index (χ3v) is 5.29. The number of halogens is 1. The quantitative estimate of drug-likeness (QED) is 0.520. The lowest BCUT2D eigenvalue weighted by molar-refractivity contribution is -0.116. The van der Waals surface area contributed by atoms with Crippen LogP contribution in [-0.4, -0.2) is 24.6 Å². The van der Waals surface area contributed by atoms with Gasteiger partial charge in [-0.15, -0.1) is 0 Å². The number of hydrogen-bond donors (Lipinski definition) is 1. The third-order valence-electron chi connectivity index (χ3n) is 3.74. The molecule has 0 aliphatic carbocycles. The van der Waals surface area contributed by atoms with E-state index in [0.717, 1.165) is 31.8 Å². The Balaban J connectivity index is 1.48. The molecular weight excluding hydrogens is 416 g/mol. The van der Waals surface area contributed by atoms with Crippen molar-refractivity contribution in [2.24, 2.45) is 0 Å². The molecule has 0 saturated carbocycles. The Bertz CT molecular complexity index is 926. The number of thiazole rings is 1. The Morgan fingerprint density at radius 3 is 2.88 bits per heavy atom. The molecule has 0 fully saturated rings. The summed E-state index contributed by atoms with van der Waals surface area (Å²) in [6, 6.07) is 11.6. The van der Waals surface area contributed by atoms with Gasteiger partial charge in [0.15, 0.2) is 5.13 Å². The molecule has 0 spiro atoms. The fraction of sp³-hybridized carbons (Fsp3) is 0.263. The predicted octanol–water partition coefficient (Wildman–Crippen LogP) is 5.17. The van der Waals surface area contributed by atoms with E-state index in [9.17, 15) is 4.79 Å². The van der Waals surface area contributed by atoms with Gasteiger partial charge >= 0.3 is 0 Å². The molecule has 0 radical (unpaired) electrons. The number of methoxy groups -OCH3 is 1. The highest BCUT2D eigenvalue weighted by Gasteiger charge is 2.09. The highest BCUT2D eigenvalue weighted by Crippen LogP contribution is 2.29. The summed E-state index contributed by atoms with van der Waals surface area (Å²) in [4.78, 5) is 16.5. The zero-order valence-electron chi connectivity index (χ0n) is 14.5. The number of amides is 1. The lowest BCUT2D eigenvalue weighted by Gasteiger charge is -2.08. The van der Waals surface area contributed by atoms with E-state index >= 15 is 0 Å². The Labute approximate surface area is 164 Å². The van der Waals surface area contributed by atoms with E-state index in [1.807, 2.05) is 43.3 Å². The van der Waals surface area contributed by atoms with Gasteiger partial charge in [0.25, 0.3) is 0 Å². The maximum atomic E-state index is 12.1. The summed E-state index contributed by atoms with van der Waals surface area (Å²) in [5.41, 5.74) is 2.01. The minimum Gasteiger partial charge on any atom is -0.497 e. The Kier molecular flexibility index (Phi) is 6.11. The molecule has 0 bridgehead atoms. The molecule has 0 unspecified atom stereocenters. The van der Waals surface area contributed by atoms with Crippen molar-refractivity contribution in [3.8, 4) is 11.5 Å². The van der Waals surface area contributed by atoms with Gasteiger partial charge in [-0.1, -0.05) is 17.4 Å². The first-order chi connectivity index (χ1) is 12.5. The number of nitrogens with one attached hydrogen (secondary N) is 1. The van der Waals surface area contributed by atoms with Crippen molar-refractivity contribution in [3.05, 3.63) is 46.4 Å². The standard InChI is InChI=1S/C19H19BrN2O3S/c1-12-5-8-16(14(20)10-12)25-9-3-4-18(23)22-19-21-15-7-6-13(24-2)11-17(15)26-19/h5-8,10-11H,3-4,9H2,1-2H3,(H,21,22,23). The first kappa shape index (κ1) is 18.7. The largest absolute Gasteiger partial charge is 0.497 e. The number of benzene rings is 2. The topological polar surface area (TPSA) is 60.5 Å². The fourth-order valence-corrected chi connectivity index (χ4v) is 3.92. The lowest BCUT2D eigenvalue weighted by atomic mass is 10.2. The number of carbonyl (C=O) groups excluding carboxylic acids is 1. The molecule has 26 heavy (non-hydrogen) atoms. The van der Waals surface area contributed by atoms with Gasteiger partial charge in [-0.3, -0.25) is 4.79 Å². The van der Waals surface area contributed by atoms with Crippen molar-refractivity contribution >= 4 is 48.5 Å². The van der Waals surface area contributed by atoms with Gasteiger partial charge in [0, 0.05) is 6.42 Å². The van der Waals surface area contributed by atoms with Crippen LogP contribution in [0.2, 0.25) is 0 Å². The first-order valence-electron chi connectivity index (χ1n) is 8.18. The first-order valence-corrected chi connectivity index (χ1v) is 9.79. The number of rotatable bonds is 7. The van der Waals surface area contributed by atoms with Gasteiger partial charge in [0.2, 0.25) is 5.91 Å². The average Bonchev–Trinajstić information content (AvgIpc) is 3.01. The maximum Gasteiger partial charge on any atom is 0.226 e. The van der Waals surface area contributed by atoms with Crippen LogP contribution in [-0.2, 0) is 4.79 Å².